The maximum atomic E-state index is 15.0. The fourth-order valence-corrected chi connectivity index (χ4v) is 7.89. The lowest BCUT2D eigenvalue weighted by atomic mass is 9.97. The molecular weight excluding hydrogens is 672 g/mol. The number of carbonyl (C=O) groups excluding carboxylic acids is 2. The molecule has 4 aromatic rings. The molecule has 11 nitrogen and oxygen atoms in total. The summed E-state index contributed by atoms with van der Waals surface area (Å²) in [5.41, 5.74) is 3.79. The van der Waals surface area contributed by atoms with Gasteiger partial charge in [0.15, 0.2) is 0 Å². The lowest BCUT2D eigenvalue weighted by molar-refractivity contribution is -0.133. The van der Waals surface area contributed by atoms with Crippen molar-refractivity contribution in [3.05, 3.63) is 82.4 Å². The maximum absolute atomic E-state index is 15.0. The lowest BCUT2D eigenvalue weighted by Crippen LogP contribution is -2.47. The molecule has 3 aliphatic heterocycles. The number of thioether (sulfide) groups is 1. The van der Waals surface area contributed by atoms with E-state index in [-0.39, 0.29) is 17.2 Å². The zero-order chi connectivity index (χ0) is 35.2. The predicted molar refractivity (Wildman–Crippen MR) is 195 cm³/mol. The summed E-state index contributed by atoms with van der Waals surface area (Å²) in [5.74, 6) is 0.746. The highest BCUT2D eigenvalue weighted by molar-refractivity contribution is 7.99. The summed E-state index contributed by atoms with van der Waals surface area (Å²) in [4.78, 5) is 50.6. The predicted octanol–water partition coefficient (Wildman–Crippen LogP) is 5.09. The largest absolute Gasteiger partial charge is 0.493 e. The van der Waals surface area contributed by atoms with Crippen LogP contribution < -0.4 is 20.9 Å². The number of H-pyrrole nitrogens is 1. The Balaban J connectivity index is 0.849. The number of nitrogens with zero attached hydrogens (tertiary/aromatic N) is 3. The number of anilines is 1. The molecule has 7 rings (SSSR count). The molecule has 0 saturated carbocycles. The topological polar surface area (TPSA) is 139 Å². The fourth-order valence-electron chi connectivity index (χ4n) is 6.84. The molecule has 268 valence electrons. The third-order valence-electron chi connectivity index (χ3n) is 9.91. The second kappa shape index (κ2) is 16.3. The van der Waals surface area contributed by atoms with Gasteiger partial charge < -0.3 is 24.7 Å². The van der Waals surface area contributed by atoms with Crippen LogP contribution in [-0.2, 0) is 26.5 Å². The van der Waals surface area contributed by atoms with Gasteiger partial charge in [-0.25, -0.2) is 9.37 Å². The zero-order valence-corrected chi connectivity index (χ0v) is 29.3. The quantitative estimate of drug-likeness (QED) is 0.170. The van der Waals surface area contributed by atoms with Crippen molar-refractivity contribution in [3.8, 4) is 16.9 Å². The Bertz CT molecular complexity index is 1890. The van der Waals surface area contributed by atoms with Crippen LogP contribution in [0.3, 0.4) is 0 Å². The average Bonchev–Trinajstić information content (AvgIpc) is 3.14. The Hall–Kier alpha value is -4.33. The monoisotopic (exact) mass is 714 g/mol. The summed E-state index contributed by atoms with van der Waals surface area (Å²) in [5, 5.41) is 6.02. The SMILES string of the molecule is O=C1CCC(Nc2ccc(-c3ccc(CCN4CCC(COc5cc(F)c6c(=O)[nH]c(CSC7CCOCC7)nc6c5)CC4)nc3)cc2)C(=O)N1. The number of rotatable bonds is 12. The highest BCUT2D eigenvalue weighted by Gasteiger charge is 2.26. The number of halogens is 1. The molecule has 1 unspecified atom stereocenters. The van der Waals surface area contributed by atoms with Crippen LogP contribution in [0.25, 0.3) is 22.0 Å². The molecule has 0 radical (unpaired) electrons. The number of pyridine rings is 1. The van der Waals surface area contributed by atoms with Crippen molar-refractivity contribution in [1.82, 2.24) is 25.2 Å². The van der Waals surface area contributed by atoms with Gasteiger partial charge >= 0.3 is 0 Å². The van der Waals surface area contributed by atoms with E-state index >= 15 is 0 Å². The molecule has 5 heterocycles. The Morgan fingerprint density at radius 2 is 1.76 bits per heavy atom. The van der Waals surface area contributed by atoms with Gasteiger partial charge in [-0.05, 0) is 74.9 Å². The highest BCUT2D eigenvalue weighted by atomic mass is 32.2. The number of fused-ring (bicyclic) bond motifs is 1. The molecule has 3 fully saturated rings. The van der Waals surface area contributed by atoms with Gasteiger partial charge in [0.05, 0.1) is 17.9 Å². The van der Waals surface area contributed by atoms with Gasteiger partial charge in [-0.3, -0.25) is 24.7 Å². The van der Waals surface area contributed by atoms with E-state index < -0.39 is 17.4 Å². The van der Waals surface area contributed by atoms with E-state index in [2.05, 4.69) is 37.6 Å². The molecule has 0 aliphatic carbocycles. The number of ether oxygens (including phenoxy) is 2. The Morgan fingerprint density at radius 3 is 2.51 bits per heavy atom. The standard InChI is InChI=1S/C38H43FN6O5S/c39-31-19-29(20-33-36(31)38(48)43-34(42-33)23-51-30-12-17-49-18-13-30)50-22-24-9-14-45(15-10-24)16-11-27-4-3-26(21-40-27)25-1-5-28(6-2-25)41-32-7-8-35(46)44-37(32)47/h1-6,19-21,24,30,32,41H,7-18,22-23H2,(H,42,43,48)(H,44,46,47). The third kappa shape index (κ3) is 9.13. The van der Waals surface area contributed by atoms with Crippen LogP contribution in [0, 0.1) is 11.7 Å². The molecule has 0 spiro atoms. The van der Waals surface area contributed by atoms with Crippen LogP contribution in [0.4, 0.5) is 10.1 Å². The third-order valence-corrected chi connectivity index (χ3v) is 11.3. The zero-order valence-electron chi connectivity index (χ0n) is 28.5. The first-order chi connectivity index (χ1) is 24.9. The fraction of sp³-hybridized carbons (Fsp3) is 0.447. The van der Waals surface area contributed by atoms with Crippen LogP contribution in [-0.4, -0.2) is 82.4 Å². The molecule has 3 saturated heterocycles. The van der Waals surface area contributed by atoms with Gasteiger partial charge in [-0.15, -0.1) is 0 Å². The number of aromatic nitrogens is 3. The number of hydrogen-bond donors (Lipinski definition) is 3. The highest BCUT2D eigenvalue weighted by Crippen LogP contribution is 2.27. The van der Waals surface area contributed by atoms with Crippen molar-refractivity contribution in [2.45, 2.75) is 62.0 Å². The second-order valence-electron chi connectivity index (χ2n) is 13.5. The first kappa shape index (κ1) is 35.1. The number of carbonyl (C=O) groups is 2. The molecule has 1 atom stereocenters. The molecule has 51 heavy (non-hydrogen) atoms. The first-order valence-electron chi connectivity index (χ1n) is 17.8. The molecule has 3 N–H and O–H groups in total. The van der Waals surface area contributed by atoms with E-state index in [1.807, 2.05) is 30.5 Å². The van der Waals surface area contributed by atoms with Gasteiger partial charge in [0, 0.05) is 73.1 Å². The summed E-state index contributed by atoms with van der Waals surface area (Å²) >= 11 is 1.75. The Labute approximate surface area is 300 Å². The van der Waals surface area contributed by atoms with Crippen LogP contribution in [0.15, 0.2) is 59.5 Å². The van der Waals surface area contributed by atoms with Crippen molar-refractivity contribution in [3.63, 3.8) is 0 Å². The van der Waals surface area contributed by atoms with Crippen LogP contribution in [0.1, 0.15) is 50.0 Å². The van der Waals surface area contributed by atoms with Crippen LogP contribution in [0.5, 0.6) is 5.75 Å². The summed E-state index contributed by atoms with van der Waals surface area (Å²) in [7, 11) is 0. The molecule has 0 bridgehead atoms. The van der Waals surface area contributed by atoms with Crippen LogP contribution in [0.2, 0.25) is 0 Å². The van der Waals surface area contributed by atoms with Crippen molar-refractivity contribution >= 4 is 40.2 Å². The number of piperidine rings is 2. The second-order valence-corrected chi connectivity index (χ2v) is 14.8. The Kier molecular flexibility index (Phi) is 11.2. The van der Waals surface area contributed by atoms with E-state index in [0.717, 1.165) is 87.5 Å². The summed E-state index contributed by atoms with van der Waals surface area (Å²) in [6.07, 6.45) is 7.51. The maximum Gasteiger partial charge on any atom is 0.261 e. The van der Waals surface area contributed by atoms with Crippen molar-refractivity contribution in [1.29, 1.82) is 0 Å². The van der Waals surface area contributed by atoms with Crippen molar-refractivity contribution < 1.29 is 23.5 Å². The minimum atomic E-state index is -0.617. The molecule has 2 amide bonds. The Morgan fingerprint density at radius 1 is 0.980 bits per heavy atom. The molecule has 2 aromatic heterocycles. The van der Waals surface area contributed by atoms with Crippen molar-refractivity contribution in [2.75, 3.05) is 44.8 Å². The smallest absolute Gasteiger partial charge is 0.261 e. The van der Waals surface area contributed by atoms with Gasteiger partial charge in [0.25, 0.3) is 5.56 Å². The number of nitrogens with one attached hydrogen (secondary N) is 3. The molecule has 3 aliphatic rings. The van der Waals surface area contributed by atoms with E-state index in [1.54, 1.807) is 17.8 Å². The molecule has 2 aromatic carbocycles. The summed E-state index contributed by atoms with van der Waals surface area (Å²) in [6, 6.07) is 14.6. The average molecular weight is 715 g/mol. The van der Waals surface area contributed by atoms with E-state index in [1.165, 1.54) is 6.07 Å². The van der Waals surface area contributed by atoms with E-state index in [9.17, 15) is 18.8 Å². The number of imide groups is 1. The summed E-state index contributed by atoms with van der Waals surface area (Å²) < 4.78 is 26.5. The number of benzene rings is 2. The molecular formula is C38H43FN6O5S. The number of hydrogen-bond acceptors (Lipinski definition) is 10. The van der Waals surface area contributed by atoms with Gasteiger partial charge in [0.2, 0.25) is 11.8 Å². The number of likely N-dealkylation sites (tertiary alicyclic amines) is 1. The summed E-state index contributed by atoms with van der Waals surface area (Å²) in [6.45, 7) is 4.85. The molecule has 13 heteroatoms. The number of amides is 2. The minimum absolute atomic E-state index is 0.0326. The lowest BCUT2D eigenvalue weighted by Gasteiger charge is -2.31. The van der Waals surface area contributed by atoms with Crippen molar-refractivity contribution in [2.24, 2.45) is 5.92 Å². The van der Waals surface area contributed by atoms with Gasteiger partial charge in [0.1, 0.15) is 28.8 Å². The van der Waals surface area contributed by atoms with Gasteiger partial charge in [-0.1, -0.05) is 18.2 Å². The van der Waals surface area contributed by atoms with E-state index in [0.29, 0.717) is 53.5 Å². The first-order valence-corrected chi connectivity index (χ1v) is 18.8. The number of aromatic amines is 1. The van der Waals surface area contributed by atoms with Crippen LogP contribution >= 0.6 is 11.8 Å². The van der Waals surface area contributed by atoms with E-state index in [4.69, 9.17) is 14.5 Å². The normalized spacial score (nSPS) is 19.3. The minimum Gasteiger partial charge on any atom is -0.493 e. The van der Waals surface area contributed by atoms with Gasteiger partial charge in [-0.2, -0.15) is 11.8 Å².